The van der Waals surface area contributed by atoms with Crippen LogP contribution in [0.25, 0.3) is 0 Å². The molecule has 1 aliphatic heterocycles. The van der Waals surface area contributed by atoms with Crippen LogP contribution in [0, 0.1) is 5.92 Å². The van der Waals surface area contributed by atoms with Crippen LogP contribution in [0.2, 0.25) is 5.02 Å². The van der Waals surface area contributed by atoms with Crippen molar-refractivity contribution in [2.24, 2.45) is 5.92 Å². The Balaban J connectivity index is 1.64. The molecule has 1 fully saturated rings. The monoisotopic (exact) mass is 434 g/mol. The van der Waals surface area contributed by atoms with Crippen LogP contribution in [0.5, 0.6) is 0 Å². The molecule has 7 heteroatoms. The Hall–Kier alpha value is -1.89. The lowest BCUT2D eigenvalue weighted by atomic mass is 9.98. The third-order valence-electron chi connectivity index (χ3n) is 5.29. The van der Waals surface area contributed by atoms with Crippen LogP contribution in [0.15, 0.2) is 48.5 Å². The van der Waals surface area contributed by atoms with Crippen molar-refractivity contribution in [3.8, 4) is 0 Å². The van der Waals surface area contributed by atoms with E-state index in [1.54, 1.807) is 24.3 Å². The molecular weight excluding hydrogens is 408 g/mol. The van der Waals surface area contributed by atoms with Gasteiger partial charge in [0, 0.05) is 23.8 Å². The molecule has 0 saturated carbocycles. The third kappa shape index (κ3) is 5.59. The standard InChI is InChI=1S/C22H27ClN2O3S/c1-16(2)17-9-11-20(12-10-17)24-22(26)18-7-5-13-25(14-18)29(27,28)15-19-6-3-4-8-21(19)23/h3-4,6,8-12,16,18H,5,7,13-15H2,1-2H3,(H,24,26). The van der Waals surface area contributed by atoms with E-state index in [0.717, 1.165) is 5.69 Å². The normalized spacial score (nSPS) is 18.0. The Kier molecular flexibility index (Phi) is 6.98. The summed E-state index contributed by atoms with van der Waals surface area (Å²) in [4.78, 5) is 12.7. The van der Waals surface area contributed by atoms with Gasteiger partial charge in [-0.25, -0.2) is 12.7 Å². The fourth-order valence-corrected chi connectivity index (χ4v) is 5.43. The zero-order valence-electron chi connectivity index (χ0n) is 16.8. The minimum atomic E-state index is -3.54. The van der Waals surface area contributed by atoms with E-state index < -0.39 is 10.0 Å². The quantitative estimate of drug-likeness (QED) is 0.719. The fraction of sp³-hybridized carbons (Fsp3) is 0.409. The second-order valence-electron chi connectivity index (χ2n) is 7.81. The van der Waals surface area contributed by atoms with E-state index in [1.807, 2.05) is 24.3 Å². The molecule has 1 heterocycles. The molecule has 5 nitrogen and oxygen atoms in total. The van der Waals surface area contributed by atoms with E-state index in [-0.39, 0.29) is 24.1 Å². The number of amides is 1. The Morgan fingerprint density at radius 1 is 1.17 bits per heavy atom. The fourth-order valence-electron chi connectivity index (χ4n) is 3.51. The number of anilines is 1. The highest BCUT2D eigenvalue weighted by atomic mass is 35.5. The lowest BCUT2D eigenvalue weighted by molar-refractivity contribution is -0.120. The van der Waals surface area contributed by atoms with Gasteiger partial charge in [0.05, 0.1) is 11.7 Å². The summed E-state index contributed by atoms with van der Waals surface area (Å²) in [5, 5.41) is 3.36. The van der Waals surface area contributed by atoms with Gasteiger partial charge in [-0.15, -0.1) is 0 Å². The van der Waals surface area contributed by atoms with Crippen LogP contribution in [0.4, 0.5) is 5.69 Å². The Morgan fingerprint density at radius 3 is 2.52 bits per heavy atom. The van der Waals surface area contributed by atoms with Gasteiger partial charge in [-0.2, -0.15) is 0 Å². The molecular formula is C22H27ClN2O3S. The van der Waals surface area contributed by atoms with Gasteiger partial charge >= 0.3 is 0 Å². The van der Waals surface area contributed by atoms with Crippen LogP contribution < -0.4 is 5.32 Å². The zero-order valence-corrected chi connectivity index (χ0v) is 18.3. The molecule has 2 aromatic carbocycles. The van der Waals surface area contributed by atoms with E-state index >= 15 is 0 Å². The molecule has 0 spiro atoms. The maximum atomic E-state index is 12.9. The Labute approximate surface area is 178 Å². The van der Waals surface area contributed by atoms with Gasteiger partial charge in [0.15, 0.2) is 0 Å². The van der Waals surface area contributed by atoms with Crippen molar-refractivity contribution in [1.29, 1.82) is 0 Å². The van der Waals surface area contributed by atoms with Crippen molar-refractivity contribution in [2.75, 3.05) is 18.4 Å². The van der Waals surface area contributed by atoms with Gasteiger partial charge in [0.2, 0.25) is 15.9 Å². The van der Waals surface area contributed by atoms with Crippen LogP contribution in [0.1, 0.15) is 43.7 Å². The average molecular weight is 435 g/mol. The number of nitrogens with zero attached hydrogens (tertiary/aromatic N) is 1. The number of carbonyl (C=O) groups is 1. The summed E-state index contributed by atoms with van der Waals surface area (Å²) in [6.07, 6.45) is 1.33. The largest absolute Gasteiger partial charge is 0.326 e. The van der Waals surface area contributed by atoms with Crippen molar-refractivity contribution >= 4 is 33.2 Å². The van der Waals surface area contributed by atoms with E-state index in [4.69, 9.17) is 11.6 Å². The lowest BCUT2D eigenvalue weighted by Gasteiger charge is -2.31. The molecule has 1 amide bonds. The predicted molar refractivity (Wildman–Crippen MR) is 118 cm³/mol. The minimum Gasteiger partial charge on any atom is -0.326 e. The van der Waals surface area contributed by atoms with Crippen LogP contribution in [-0.4, -0.2) is 31.7 Å². The highest BCUT2D eigenvalue weighted by molar-refractivity contribution is 7.88. The first-order valence-electron chi connectivity index (χ1n) is 9.88. The van der Waals surface area contributed by atoms with Crippen LogP contribution >= 0.6 is 11.6 Å². The van der Waals surface area contributed by atoms with Gasteiger partial charge in [-0.1, -0.05) is 55.8 Å². The van der Waals surface area contributed by atoms with Crippen LogP contribution in [0.3, 0.4) is 0 Å². The molecule has 1 atom stereocenters. The smallest absolute Gasteiger partial charge is 0.228 e. The van der Waals surface area contributed by atoms with Crippen molar-refractivity contribution in [2.45, 2.75) is 38.4 Å². The SMILES string of the molecule is CC(C)c1ccc(NC(=O)C2CCCN(S(=O)(=O)Cc3ccccc3Cl)C2)cc1. The first-order valence-corrected chi connectivity index (χ1v) is 11.9. The molecule has 0 bridgehead atoms. The maximum Gasteiger partial charge on any atom is 0.228 e. The predicted octanol–water partition coefficient (Wildman–Crippen LogP) is 4.64. The summed E-state index contributed by atoms with van der Waals surface area (Å²) < 4.78 is 27.2. The molecule has 1 aliphatic rings. The zero-order chi connectivity index (χ0) is 21.0. The van der Waals surface area contributed by atoms with Crippen molar-refractivity contribution in [1.82, 2.24) is 4.31 Å². The number of rotatable bonds is 6. The molecule has 0 aromatic heterocycles. The minimum absolute atomic E-state index is 0.139. The number of hydrogen-bond acceptors (Lipinski definition) is 3. The van der Waals surface area contributed by atoms with Crippen molar-refractivity contribution < 1.29 is 13.2 Å². The third-order valence-corrected chi connectivity index (χ3v) is 7.45. The average Bonchev–Trinajstić information content (AvgIpc) is 2.70. The number of piperidine rings is 1. The van der Waals surface area contributed by atoms with E-state index in [9.17, 15) is 13.2 Å². The summed E-state index contributed by atoms with van der Waals surface area (Å²) in [7, 11) is -3.54. The first-order chi connectivity index (χ1) is 13.8. The number of hydrogen-bond donors (Lipinski definition) is 1. The number of halogens is 1. The van der Waals surface area contributed by atoms with E-state index in [0.29, 0.717) is 35.9 Å². The van der Waals surface area contributed by atoms with Gasteiger partial charge in [0.1, 0.15) is 0 Å². The topological polar surface area (TPSA) is 66.5 Å². The highest BCUT2D eigenvalue weighted by Crippen LogP contribution is 2.25. The van der Waals surface area contributed by atoms with Crippen molar-refractivity contribution in [3.63, 3.8) is 0 Å². The summed E-state index contributed by atoms with van der Waals surface area (Å²) in [5.41, 5.74) is 2.51. The molecule has 0 aliphatic carbocycles. The molecule has 3 rings (SSSR count). The molecule has 0 radical (unpaired) electrons. The van der Waals surface area contributed by atoms with Crippen LogP contribution in [-0.2, 0) is 20.6 Å². The summed E-state index contributed by atoms with van der Waals surface area (Å²) in [6, 6.07) is 14.7. The molecule has 1 unspecified atom stereocenters. The number of sulfonamides is 1. The number of carbonyl (C=O) groups excluding carboxylic acids is 1. The Bertz CT molecular complexity index is 958. The van der Waals surface area contributed by atoms with Gasteiger partial charge in [0.25, 0.3) is 0 Å². The molecule has 1 saturated heterocycles. The molecule has 1 N–H and O–H groups in total. The van der Waals surface area contributed by atoms with Gasteiger partial charge < -0.3 is 5.32 Å². The summed E-state index contributed by atoms with van der Waals surface area (Å²) in [5.74, 6) is -0.234. The van der Waals surface area contributed by atoms with Crippen molar-refractivity contribution in [3.05, 3.63) is 64.7 Å². The van der Waals surface area contributed by atoms with Gasteiger partial charge in [-0.3, -0.25) is 4.79 Å². The Morgan fingerprint density at radius 2 is 1.86 bits per heavy atom. The lowest BCUT2D eigenvalue weighted by Crippen LogP contribution is -2.44. The second kappa shape index (κ2) is 9.28. The maximum absolute atomic E-state index is 12.9. The van der Waals surface area contributed by atoms with E-state index in [2.05, 4.69) is 19.2 Å². The number of benzene rings is 2. The second-order valence-corrected chi connectivity index (χ2v) is 10.2. The van der Waals surface area contributed by atoms with Gasteiger partial charge in [-0.05, 0) is 48.1 Å². The summed E-state index contributed by atoms with van der Waals surface area (Å²) in [6.45, 7) is 4.86. The summed E-state index contributed by atoms with van der Waals surface area (Å²) >= 11 is 6.12. The first kappa shape index (κ1) is 21.8. The molecule has 29 heavy (non-hydrogen) atoms. The molecule has 156 valence electrons. The molecule has 2 aromatic rings. The number of nitrogens with one attached hydrogen (secondary N) is 1. The highest BCUT2D eigenvalue weighted by Gasteiger charge is 2.32. The van der Waals surface area contributed by atoms with E-state index in [1.165, 1.54) is 9.87 Å².